The van der Waals surface area contributed by atoms with E-state index >= 15 is 0 Å². The van der Waals surface area contributed by atoms with Crippen molar-refractivity contribution in [3.05, 3.63) is 40.3 Å². The molecule has 5 nitrogen and oxygen atoms in total. The average Bonchev–Trinajstić information content (AvgIpc) is 2.90. The topological polar surface area (TPSA) is 64.6 Å². The first-order valence-electron chi connectivity index (χ1n) is 7.33. The number of anilines is 1. The van der Waals surface area contributed by atoms with Gasteiger partial charge in [0, 0.05) is 16.7 Å². The molecule has 0 aromatic heterocycles. The fourth-order valence-electron chi connectivity index (χ4n) is 2.72. The SMILES string of the molecule is COc1ccc(NC(=O)C2=C3CCCC=C3SC2=O)cc1OC. The number of methoxy groups -OCH3 is 2. The molecule has 1 aliphatic carbocycles. The lowest BCUT2D eigenvalue weighted by Gasteiger charge is -2.12. The average molecular weight is 331 g/mol. The largest absolute Gasteiger partial charge is 0.493 e. The van der Waals surface area contributed by atoms with Gasteiger partial charge in [0.2, 0.25) is 5.12 Å². The van der Waals surface area contributed by atoms with Crippen LogP contribution in [-0.2, 0) is 9.59 Å². The van der Waals surface area contributed by atoms with E-state index in [4.69, 9.17) is 9.47 Å². The number of benzene rings is 1. The molecule has 120 valence electrons. The first kappa shape index (κ1) is 15.7. The third kappa shape index (κ3) is 2.99. The predicted octanol–water partition coefficient (Wildman–Crippen LogP) is 3.28. The van der Waals surface area contributed by atoms with Crippen LogP contribution in [0.15, 0.2) is 40.3 Å². The summed E-state index contributed by atoms with van der Waals surface area (Å²) >= 11 is 1.15. The van der Waals surface area contributed by atoms with Crippen molar-refractivity contribution in [3.63, 3.8) is 0 Å². The van der Waals surface area contributed by atoms with Crippen molar-refractivity contribution in [2.75, 3.05) is 19.5 Å². The molecular formula is C17H17NO4S. The zero-order valence-corrected chi connectivity index (χ0v) is 13.8. The second-order valence-electron chi connectivity index (χ2n) is 5.23. The van der Waals surface area contributed by atoms with E-state index < -0.39 is 0 Å². The predicted molar refractivity (Wildman–Crippen MR) is 89.7 cm³/mol. The van der Waals surface area contributed by atoms with Crippen molar-refractivity contribution >= 4 is 28.5 Å². The van der Waals surface area contributed by atoms with Crippen molar-refractivity contribution in [2.24, 2.45) is 0 Å². The summed E-state index contributed by atoms with van der Waals surface area (Å²) in [6.45, 7) is 0. The Morgan fingerprint density at radius 1 is 1.22 bits per heavy atom. The van der Waals surface area contributed by atoms with Crippen LogP contribution in [-0.4, -0.2) is 25.2 Å². The summed E-state index contributed by atoms with van der Waals surface area (Å²) in [5.41, 5.74) is 1.71. The molecule has 1 heterocycles. The highest BCUT2D eigenvalue weighted by Crippen LogP contribution is 2.43. The summed E-state index contributed by atoms with van der Waals surface area (Å²) in [6, 6.07) is 5.10. The van der Waals surface area contributed by atoms with Gasteiger partial charge in [-0.3, -0.25) is 9.59 Å². The van der Waals surface area contributed by atoms with E-state index in [9.17, 15) is 9.59 Å². The van der Waals surface area contributed by atoms with Gasteiger partial charge < -0.3 is 14.8 Å². The maximum atomic E-state index is 12.5. The summed E-state index contributed by atoms with van der Waals surface area (Å²) in [5, 5.41) is 2.60. The molecule has 0 radical (unpaired) electrons. The van der Waals surface area contributed by atoms with Crippen LogP contribution in [0.3, 0.4) is 0 Å². The van der Waals surface area contributed by atoms with Gasteiger partial charge in [0.1, 0.15) is 0 Å². The Morgan fingerprint density at radius 3 is 2.74 bits per heavy atom. The fourth-order valence-corrected chi connectivity index (χ4v) is 3.77. The lowest BCUT2D eigenvalue weighted by atomic mass is 9.97. The highest BCUT2D eigenvalue weighted by Gasteiger charge is 2.34. The van der Waals surface area contributed by atoms with Crippen LogP contribution in [0.5, 0.6) is 11.5 Å². The van der Waals surface area contributed by atoms with E-state index in [-0.39, 0.29) is 16.6 Å². The monoisotopic (exact) mass is 331 g/mol. The van der Waals surface area contributed by atoms with Gasteiger partial charge in [0.05, 0.1) is 19.8 Å². The number of hydrogen-bond acceptors (Lipinski definition) is 5. The minimum absolute atomic E-state index is 0.175. The molecule has 0 fully saturated rings. The van der Waals surface area contributed by atoms with Gasteiger partial charge in [-0.1, -0.05) is 6.08 Å². The maximum Gasteiger partial charge on any atom is 0.260 e. The van der Waals surface area contributed by atoms with Crippen LogP contribution in [0, 0.1) is 0 Å². The summed E-state index contributed by atoms with van der Waals surface area (Å²) in [7, 11) is 3.08. The van der Waals surface area contributed by atoms with Crippen molar-refractivity contribution in [1.82, 2.24) is 0 Å². The first-order chi connectivity index (χ1) is 11.1. The Hall–Kier alpha value is -2.21. The third-order valence-electron chi connectivity index (χ3n) is 3.84. The van der Waals surface area contributed by atoms with Crippen molar-refractivity contribution in [3.8, 4) is 11.5 Å². The summed E-state index contributed by atoms with van der Waals surface area (Å²) in [5.74, 6) is 0.737. The number of amides is 1. The minimum Gasteiger partial charge on any atom is -0.493 e. The highest BCUT2D eigenvalue weighted by atomic mass is 32.2. The van der Waals surface area contributed by atoms with Crippen LogP contribution >= 0.6 is 11.8 Å². The molecule has 1 aliphatic heterocycles. The molecular weight excluding hydrogens is 314 g/mol. The molecule has 0 saturated carbocycles. The van der Waals surface area contributed by atoms with E-state index in [0.717, 1.165) is 41.5 Å². The number of ether oxygens (including phenoxy) is 2. The van der Waals surface area contributed by atoms with Gasteiger partial charge in [0.25, 0.3) is 5.91 Å². The van der Waals surface area contributed by atoms with Gasteiger partial charge in [-0.15, -0.1) is 0 Å². The Balaban J connectivity index is 1.86. The highest BCUT2D eigenvalue weighted by molar-refractivity contribution is 8.18. The van der Waals surface area contributed by atoms with Crippen molar-refractivity contribution in [2.45, 2.75) is 19.3 Å². The lowest BCUT2D eigenvalue weighted by Crippen LogP contribution is -2.18. The summed E-state index contributed by atoms with van der Waals surface area (Å²) in [6.07, 6.45) is 4.75. The lowest BCUT2D eigenvalue weighted by molar-refractivity contribution is -0.116. The molecule has 1 aromatic carbocycles. The Labute approximate surface area is 138 Å². The molecule has 1 amide bonds. The van der Waals surface area contributed by atoms with Crippen LogP contribution in [0.4, 0.5) is 5.69 Å². The molecule has 3 rings (SSSR count). The van der Waals surface area contributed by atoms with Crippen molar-refractivity contribution < 1.29 is 19.1 Å². The maximum absolute atomic E-state index is 12.5. The molecule has 6 heteroatoms. The van der Waals surface area contributed by atoms with Gasteiger partial charge in [-0.05, 0) is 48.7 Å². The van der Waals surface area contributed by atoms with Crippen molar-refractivity contribution in [1.29, 1.82) is 0 Å². The van der Waals surface area contributed by atoms with Crippen LogP contribution in [0.25, 0.3) is 0 Å². The van der Waals surface area contributed by atoms with Crippen LogP contribution in [0.2, 0.25) is 0 Å². The summed E-state index contributed by atoms with van der Waals surface area (Å²) in [4.78, 5) is 25.6. The fraction of sp³-hybridized carbons (Fsp3) is 0.294. The van der Waals surface area contributed by atoms with Crippen LogP contribution in [0.1, 0.15) is 19.3 Å². The number of fused-ring (bicyclic) bond motifs is 1. The third-order valence-corrected chi connectivity index (χ3v) is 4.86. The molecule has 0 atom stereocenters. The molecule has 1 aromatic rings. The number of carbonyl (C=O) groups is 2. The van der Waals surface area contributed by atoms with Crippen LogP contribution < -0.4 is 14.8 Å². The minimum atomic E-state index is -0.366. The number of thioether (sulfide) groups is 1. The molecule has 0 spiro atoms. The summed E-state index contributed by atoms with van der Waals surface area (Å²) < 4.78 is 10.4. The number of nitrogens with one attached hydrogen (secondary N) is 1. The van der Waals surface area contributed by atoms with Gasteiger partial charge in [-0.2, -0.15) is 0 Å². The Kier molecular flexibility index (Phi) is 4.43. The first-order valence-corrected chi connectivity index (χ1v) is 8.15. The molecule has 0 saturated heterocycles. The number of hydrogen-bond donors (Lipinski definition) is 1. The number of allylic oxidation sites excluding steroid dienone is 2. The van der Waals surface area contributed by atoms with Gasteiger partial charge in [-0.25, -0.2) is 0 Å². The molecule has 0 bridgehead atoms. The standard InChI is InChI=1S/C17H17NO4S/c1-21-12-8-7-10(9-13(12)22-2)18-16(19)15-11-5-3-4-6-14(11)23-17(15)20/h6-9H,3-5H2,1-2H3,(H,18,19). The van der Waals surface area contributed by atoms with E-state index in [1.807, 2.05) is 6.08 Å². The number of rotatable bonds is 4. The van der Waals surface area contributed by atoms with E-state index in [1.54, 1.807) is 25.3 Å². The quantitative estimate of drug-likeness (QED) is 0.858. The molecule has 0 unspecified atom stereocenters. The second-order valence-corrected chi connectivity index (χ2v) is 6.24. The van der Waals surface area contributed by atoms with Gasteiger partial charge in [0.15, 0.2) is 11.5 Å². The molecule has 2 aliphatic rings. The number of carbonyl (C=O) groups excluding carboxylic acids is 2. The normalized spacial score (nSPS) is 16.8. The Bertz CT molecular complexity index is 736. The zero-order valence-electron chi connectivity index (χ0n) is 13.0. The second kappa shape index (κ2) is 6.50. The molecule has 23 heavy (non-hydrogen) atoms. The van der Waals surface area contributed by atoms with E-state index in [1.165, 1.54) is 7.11 Å². The van der Waals surface area contributed by atoms with E-state index in [2.05, 4.69) is 5.32 Å². The smallest absolute Gasteiger partial charge is 0.260 e. The zero-order chi connectivity index (χ0) is 16.4. The Morgan fingerprint density at radius 2 is 2.00 bits per heavy atom. The van der Waals surface area contributed by atoms with E-state index in [0.29, 0.717) is 17.2 Å². The molecule has 1 N–H and O–H groups in total. The van der Waals surface area contributed by atoms with Gasteiger partial charge >= 0.3 is 0 Å².